The number of ether oxygens (including phenoxy) is 1. The fourth-order valence-corrected chi connectivity index (χ4v) is 1.78. The fraction of sp³-hybridized carbons (Fsp3) is 0.357. The number of hydrogen-bond acceptors (Lipinski definition) is 6. The Bertz CT molecular complexity index is 637. The van der Waals surface area contributed by atoms with Crippen molar-refractivity contribution in [2.45, 2.75) is 33.4 Å². The Morgan fingerprint density at radius 3 is 2.81 bits per heavy atom. The average Bonchev–Trinajstić information content (AvgIpc) is 2.81. The van der Waals surface area contributed by atoms with Gasteiger partial charge in [-0.25, -0.2) is 4.98 Å². The molecule has 1 aromatic heterocycles. The maximum absolute atomic E-state index is 11.0. The van der Waals surface area contributed by atoms with E-state index in [1.54, 1.807) is 18.3 Å². The average molecular weight is 291 g/mol. The molecule has 0 aliphatic rings. The van der Waals surface area contributed by atoms with Gasteiger partial charge in [0.1, 0.15) is 5.76 Å². The highest BCUT2D eigenvalue weighted by atomic mass is 16.6. The third kappa shape index (κ3) is 3.95. The summed E-state index contributed by atoms with van der Waals surface area (Å²) in [6.45, 7) is 5.85. The third-order valence-electron chi connectivity index (χ3n) is 2.63. The first kappa shape index (κ1) is 14.8. The zero-order valence-electron chi connectivity index (χ0n) is 12.1. The van der Waals surface area contributed by atoms with E-state index in [-0.39, 0.29) is 17.5 Å². The first-order chi connectivity index (χ1) is 9.95. The number of aryl methyl sites for hydroxylation is 1. The molecule has 112 valence electrons. The number of nitrogens with one attached hydrogen (secondary N) is 1. The van der Waals surface area contributed by atoms with E-state index in [1.807, 2.05) is 20.8 Å². The van der Waals surface area contributed by atoms with Gasteiger partial charge in [-0.05, 0) is 26.8 Å². The van der Waals surface area contributed by atoms with Gasteiger partial charge in [-0.15, -0.1) is 0 Å². The predicted molar refractivity (Wildman–Crippen MR) is 77.4 cm³/mol. The molecule has 0 radical (unpaired) electrons. The smallest absolute Gasteiger partial charge is 0.311 e. The summed E-state index contributed by atoms with van der Waals surface area (Å²) >= 11 is 0. The lowest BCUT2D eigenvalue weighted by atomic mass is 10.2. The third-order valence-corrected chi connectivity index (χ3v) is 2.63. The first-order valence-corrected chi connectivity index (χ1v) is 6.56. The van der Waals surface area contributed by atoms with Gasteiger partial charge in [0, 0.05) is 17.8 Å². The molecule has 0 amide bonds. The van der Waals surface area contributed by atoms with Crippen LogP contribution >= 0.6 is 0 Å². The van der Waals surface area contributed by atoms with Crippen LogP contribution in [0.2, 0.25) is 0 Å². The van der Waals surface area contributed by atoms with Gasteiger partial charge in [0.2, 0.25) is 5.89 Å². The van der Waals surface area contributed by atoms with Crippen LogP contribution in [0.15, 0.2) is 28.8 Å². The molecule has 1 heterocycles. The molecule has 0 aliphatic carbocycles. The predicted octanol–water partition coefficient (Wildman–Crippen LogP) is 3.29. The van der Waals surface area contributed by atoms with E-state index >= 15 is 0 Å². The van der Waals surface area contributed by atoms with Crippen molar-refractivity contribution in [3.63, 3.8) is 0 Å². The van der Waals surface area contributed by atoms with Gasteiger partial charge >= 0.3 is 5.69 Å². The molecule has 21 heavy (non-hydrogen) atoms. The Kier molecular flexibility index (Phi) is 4.42. The molecule has 0 aliphatic heterocycles. The van der Waals surface area contributed by atoms with Crippen LogP contribution < -0.4 is 10.1 Å². The minimum absolute atomic E-state index is 0.0544. The van der Waals surface area contributed by atoms with Crippen molar-refractivity contribution in [2.75, 3.05) is 5.32 Å². The van der Waals surface area contributed by atoms with E-state index in [2.05, 4.69) is 10.3 Å². The minimum atomic E-state index is -0.459. The lowest BCUT2D eigenvalue weighted by Gasteiger charge is -2.12. The molecule has 7 heteroatoms. The number of nitrogens with zero attached hydrogens (tertiary/aromatic N) is 2. The van der Waals surface area contributed by atoms with Crippen LogP contribution in [0.3, 0.4) is 0 Å². The molecule has 2 rings (SSSR count). The van der Waals surface area contributed by atoms with Crippen molar-refractivity contribution in [3.05, 3.63) is 46.2 Å². The van der Waals surface area contributed by atoms with Crippen molar-refractivity contribution in [3.8, 4) is 5.75 Å². The normalized spacial score (nSPS) is 10.7. The summed E-state index contributed by atoms with van der Waals surface area (Å²) in [5.41, 5.74) is 0.647. The molecule has 1 aromatic carbocycles. The van der Waals surface area contributed by atoms with Gasteiger partial charge in [0.15, 0.2) is 5.75 Å². The minimum Gasteiger partial charge on any atom is -0.484 e. The molecule has 0 unspecified atom stereocenters. The Balaban J connectivity index is 2.14. The second-order valence-corrected chi connectivity index (χ2v) is 4.82. The standard InChI is InChI=1S/C14H17N3O4/c1-9(2)20-13-6-11(4-5-12(13)17(18)19)15-8-14-16-7-10(3)21-14/h4-7,9,15H,8H2,1-3H3. The quantitative estimate of drug-likeness (QED) is 0.648. The van der Waals surface area contributed by atoms with Crippen LogP contribution in [-0.2, 0) is 6.54 Å². The molecule has 0 saturated carbocycles. The number of benzene rings is 1. The zero-order chi connectivity index (χ0) is 15.4. The van der Waals surface area contributed by atoms with Crippen LogP contribution in [0.25, 0.3) is 0 Å². The lowest BCUT2D eigenvalue weighted by molar-refractivity contribution is -0.386. The van der Waals surface area contributed by atoms with E-state index in [0.29, 0.717) is 18.1 Å². The molecule has 0 spiro atoms. The van der Waals surface area contributed by atoms with Gasteiger partial charge in [-0.1, -0.05) is 0 Å². The van der Waals surface area contributed by atoms with Gasteiger partial charge in [-0.2, -0.15) is 0 Å². The second kappa shape index (κ2) is 6.25. The number of hydrogen-bond donors (Lipinski definition) is 1. The number of nitro benzene ring substituents is 1. The molecule has 0 saturated heterocycles. The van der Waals surface area contributed by atoms with Crippen LogP contribution in [0, 0.1) is 17.0 Å². The van der Waals surface area contributed by atoms with Crippen LogP contribution in [0.1, 0.15) is 25.5 Å². The Morgan fingerprint density at radius 1 is 1.48 bits per heavy atom. The molecule has 0 fully saturated rings. The van der Waals surface area contributed by atoms with E-state index in [4.69, 9.17) is 9.15 Å². The topological polar surface area (TPSA) is 90.4 Å². The zero-order valence-corrected chi connectivity index (χ0v) is 12.1. The Morgan fingerprint density at radius 2 is 2.24 bits per heavy atom. The molecule has 0 bridgehead atoms. The molecular weight excluding hydrogens is 274 g/mol. The number of rotatable bonds is 6. The molecule has 2 aromatic rings. The molecule has 1 N–H and O–H groups in total. The van der Waals surface area contributed by atoms with E-state index in [9.17, 15) is 10.1 Å². The Hall–Kier alpha value is -2.57. The summed E-state index contributed by atoms with van der Waals surface area (Å²) in [7, 11) is 0. The first-order valence-electron chi connectivity index (χ1n) is 6.56. The van der Waals surface area contributed by atoms with Crippen LogP contribution in [-0.4, -0.2) is 16.0 Å². The summed E-state index contributed by atoms with van der Waals surface area (Å²) in [6.07, 6.45) is 1.49. The number of anilines is 1. The van der Waals surface area contributed by atoms with Crippen molar-refractivity contribution in [1.29, 1.82) is 0 Å². The van der Waals surface area contributed by atoms with E-state index in [0.717, 1.165) is 5.76 Å². The van der Waals surface area contributed by atoms with Gasteiger partial charge < -0.3 is 14.5 Å². The molecule has 0 atom stereocenters. The maximum Gasteiger partial charge on any atom is 0.311 e. The SMILES string of the molecule is Cc1cnc(CNc2ccc([N+](=O)[O-])c(OC(C)C)c2)o1. The van der Waals surface area contributed by atoms with E-state index in [1.165, 1.54) is 6.07 Å². The second-order valence-electron chi connectivity index (χ2n) is 4.82. The van der Waals surface area contributed by atoms with Crippen molar-refractivity contribution >= 4 is 11.4 Å². The molecular formula is C14H17N3O4. The summed E-state index contributed by atoms with van der Waals surface area (Å²) < 4.78 is 10.8. The van der Waals surface area contributed by atoms with Gasteiger partial charge in [-0.3, -0.25) is 10.1 Å². The summed E-state index contributed by atoms with van der Waals surface area (Å²) in [5.74, 6) is 1.53. The van der Waals surface area contributed by atoms with Crippen molar-refractivity contribution < 1.29 is 14.1 Å². The number of aromatic nitrogens is 1. The highest BCUT2D eigenvalue weighted by molar-refractivity contribution is 5.58. The monoisotopic (exact) mass is 291 g/mol. The van der Waals surface area contributed by atoms with Crippen LogP contribution in [0.5, 0.6) is 5.75 Å². The summed E-state index contributed by atoms with van der Waals surface area (Å²) in [4.78, 5) is 14.6. The van der Waals surface area contributed by atoms with Crippen molar-refractivity contribution in [1.82, 2.24) is 4.98 Å². The van der Waals surface area contributed by atoms with Gasteiger partial charge in [0.25, 0.3) is 0 Å². The lowest BCUT2D eigenvalue weighted by Crippen LogP contribution is -2.08. The highest BCUT2D eigenvalue weighted by Crippen LogP contribution is 2.31. The van der Waals surface area contributed by atoms with E-state index < -0.39 is 4.92 Å². The maximum atomic E-state index is 11.0. The highest BCUT2D eigenvalue weighted by Gasteiger charge is 2.16. The number of oxazole rings is 1. The largest absolute Gasteiger partial charge is 0.484 e. The fourth-order valence-electron chi connectivity index (χ4n) is 1.78. The Labute approximate surface area is 122 Å². The summed E-state index contributed by atoms with van der Waals surface area (Å²) in [5, 5.41) is 14.1. The molecule has 7 nitrogen and oxygen atoms in total. The summed E-state index contributed by atoms with van der Waals surface area (Å²) in [6, 6.07) is 4.65. The van der Waals surface area contributed by atoms with Crippen molar-refractivity contribution in [2.24, 2.45) is 0 Å². The van der Waals surface area contributed by atoms with Crippen LogP contribution in [0.4, 0.5) is 11.4 Å². The van der Waals surface area contributed by atoms with Gasteiger partial charge in [0.05, 0.1) is 23.8 Å². The number of nitro groups is 1.